The van der Waals surface area contributed by atoms with Crippen LogP contribution in [0.5, 0.6) is 0 Å². The molecule has 29 heavy (non-hydrogen) atoms. The Morgan fingerprint density at radius 3 is 2.72 bits per heavy atom. The molecular formula is C22H29N3O3S. The van der Waals surface area contributed by atoms with Gasteiger partial charge in [-0.15, -0.1) is 0 Å². The number of likely N-dealkylation sites (N-methyl/N-ethyl adjacent to an activating group) is 1. The van der Waals surface area contributed by atoms with Gasteiger partial charge in [0.15, 0.2) is 9.84 Å². The Labute approximate surface area is 172 Å². The molecule has 7 heteroatoms. The maximum Gasteiger partial charge on any atom is 0.227 e. The summed E-state index contributed by atoms with van der Waals surface area (Å²) in [6.45, 7) is 4.39. The number of hydrogen-bond donors (Lipinski definition) is 0. The lowest BCUT2D eigenvalue weighted by Gasteiger charge is -2.18. The van der Waals surface area contributed by atoms with E-state index >= 15 is 0 Å². The van der Waals surface area contributed by atoms with Crippen LogP contribution in [0.3, 0.4) is 0 Å². The third-order valence-corrected chi connectivity index (χ3v) is 8.12. The van der Waals surface area contributed by atoms with Crippen LogP contribution in [0.2, 0.25) is 0 Å². The normalized spacial score (nSPS) is 20.0. The van der Waals surface area contributed by atoms with Crippen molar-refractivity contribution in [1.82, 2.24) is 14.7 Å². The van der Waals surface area contributed by atoms with E-state index in [1.54, 1.807) is 4.90 Å². The van der Waals surface area contributed by atoms with E-state index in [1.807, 2.05) is 25.6 Å². The lowest BCUT2D eigenvalue weighted by molar-refractivity contribution is -0.129. The third-order valence-electron chi connectivity index (χ3n) is 6.37. The van der Waals surface area contributed by atoms with Crippen molar-refractivity contribution in [2.24, 2.45) is 0 Å². The number of nitrogens with zero attached hydrogens (tertiary/aromatic N) is 3. The van der Waals surface area contributed by atoms with Gasteiger partial charge in [-0.3, -0.25) is 9.48 Å². The number of aromatic nitrogens is 2. The monoisotopic (exact) mass is 415 g/mol. The van der Waals surface area contributed by atoms with Gasteiger partial charge in [-0.2, -0.15) is 5.10 Å². The zero-order valence-electron chi connectivity index (χ0n) is 17.4. The molecule has 1 aromatic heterocycles. The molecule has 0 bridgehead atoms. The van der Waals surface area contributed by atoms with Gasteiger partial charge in [0.2, 0.25) is 5.91 Å². The van der Waals surface area contributed by atoms with Crippen molar-refractivity contribution in [2.45, 2.75) is 58.5 Å². The summed E-state index contributed by atoms with van der Waals surface area (Å²) in [5.41, 5.74) is 6.72. The van der Waals surface area contributed by atoms with Gasteiger partial charge in [0.05, 0.1) is 29.7 Å². The lowest BCUT2D eigenvalue weighted by atomic mass is 10.0. The average Bonchev–Trinajstić information content (AvgIpc) is 3.34. The number of carbonyl (C=O) groups is 1. The molecule has 0 N–H and O–H groups in total. The van der Waals surface area contributed by atoms with Gasteiger partial charge in [-0.1, -0.05) is 18.2 Å². The molecule has 1 fully saturated rings. The van der Waals surface area contributed by atoms with Crippen LogP contribution < -0.4 is 0 Å². The standard InChI is InChI=1S/C22H29N3O3S/c1-15-21(16(2)25(23-15)20-9-10-29(27,28)14-20)13-24(3)22(26)12-17-7-8-18-5-4-6-19(18)11-17/h7-8,11,20H,4-6,9-10,12-14H2,1-3H3/t20-/m0/s1. The van der Waals surface area contributed by atoms with Crippen LogP contribution >= 0.6 is 0 Å². The fourth-order valence-electron chi connectivity index (χ4n) is 4.62. The van der Waals surface area contributed by atoms with Crippen molar-refractivity contribution in [3.05, 3.63) is 51.8 Å². The van der Waals surface area contributed by atoms with Gasteiger partial charge in [-0.05, 0) is 56.2 Å². The molecule has 1 atom stereocenters. The zero-order chi connectivity index (χ0) is 20.8. The van der Waals surface area contributed by atoms with Crippen molar-refractivity contribution in [3.8, 4) is 0 Å². The largest absolute Gasteiger partial charge is 0.341 e. The Morgan fingerprint density at radius 1 is 1.24 bits per heavy atom. The second-order valence-corrected chi connectivity index (χ2v) is 10.8. The van der Waals surface area contributed by atoms with Crippen molar-refractivity contribution < 1.29 is 13.2 Å². The van der Waals surface area contributed by atoms with Gasteiger partial charge >= 0.3 is 0 Å². The fourth-order valence-corrected chi connectivity index (χ4v) is 6.31. The SMILES string of the molecule is Cc1nn([C@H]2CCS(=O)(=O)C2)c(C)c1CN(C)C(=O)Cc1ccc2c(c1)CCC2. The minimum absolute atomic E-state index is 0.0814. The number of sulfone groups is 1. The minimum Gasteiger partial charge on any atom is -0.341 e. The number of benzene rings is 1. The molecule has 1 saturated heterocycles. The molecule has 0 radical (unpaired) electrons. The van der Waals surface area contributed by atoms with E-state index in [1.165, 1.54) is 17.5 Å². The number of aryl methyl sites for hydroxylation is 3. The predicted octanol–water partition coefficient (Wildman–Crippen LogP) is 2.55. The number of hydrogen-bond acceptors (Lipinski definition) is 4. The Kier molecular flexibility index (Phi) is 5.27. The van der Waals surface area contributed by atoms with Crippen LogP contribution in [-0.4, -0.2) is 47.6 Å². The lowest BCUT2D eigenvalue weighted by Crippen LogP contribution is -2.28. The molecule has 0 spiro atoms. The second-order valence-electron chi connectivity index (χ2n) is 8.53. The Bertz CT molecular complexity index is 1060. The van der Waals surface area contributed by atoms with E-state index in [4.69, 9.17) is 0 Å². The Balaban J connectivity index is 1.45. The molecule has 1 aliphatic heterocycles. The molecule has 0 unspecified atom stereocenters. The molecule has 2 heterocycles. The summed E-state index contributed by atoms with van der Waals surface area (Å²) >= 11 is 0. The van der Waals surface area contributed by atoms with Crippen LogP contribution in [0, 0.1) is 13.8 Å². The van der Waals surface area contributed by atoms with Crippen LogP contribution in [0.1, 0.15) is 52.5 Å². The topological polar surface area (TPSA) is 72.3 Å². The Morgan fingerprint density at radius 2 is 2.00 bits per heavy atom. The van der Waals surface area contributed by atoms with Crippen LogP contribution in [0.4, 0.5) is 0 Å². The molecule has 1 aliphatic carbocycles. The minimum atomic E-state index is -2.96. The first-order valence-corrected chi connectivity index (χ1v) is 12.2. The first-order valence-electron chi connectivity index (χ1n) is 10.3. The van der Waals surface area contributed by atoms with E-state index in [0.717, 1.165) is 35.4 Å². The van der Waals surface area contributed by atoms with Gasteiger partial charge in [0.1, 0.15) is 0 Å². The summed E-state index contributed by atoms with van der Waals surface area (Å²) in [4.78, 5) is 14.6. The predicted molar refractivity (Wildman–Crippen MR) is 113 cm³/mol. The maximum absolute atomic E-state index is 12.8. The summed E-state index contributed by atoms with van der Waals surface area (Å²) in [5, 5.41) is 4.61. The van der Waals surface area contributed by atoms with E-state index in [-0.39, 0.29) is 23.5 Å². The Hall–Kier alpha value is -2.15. The van der Waals surface area contributed by atoms with E-state index in [0.29, 0.717) is 19.4 Å². The van der Waals surface area contributed by atoms with Crippen LogP contribution in [-0.2, 0) is 40.4 Å². The second kappa shape index (κ2) is 7.59. The van der Waals surface area contributed by atoms with Gasteiger partial charge in [0, 0.05) is 24.8 Å². The highest BCUT2D eigenvalue weighted by atomic mass is 32.2. The zero-order valence-corrected chi connectivity index (χ0v) is 18.3. The van der Waals surface area contributed by atoms with Crippen molar-refractivity contribution in [3.63, 3.8) is 0 Å². The van der Waals surface area contributed by atoms with Crippen molar-refractivity contribution in [1.29, 1.82) is 0 Å². The van der Waals surface area contributed by atoms with Crippen molar-refractivity contribution >= 4 is 15.7 Å². The molecule has 1 aromatic carbocycles. The average molecular weight is 416 g/mol. The molecule has 1 amide bonds. The van der Waals surface area contributed by atoms with E-state index in [9.17, 15) is 13.2 Å². The molecule has 4 rings (SSSR count). The number of amides is 1. The summed E-state index contributed by atoms with van der Waals surface area (Å²) < 4.78 is 25.5. The highest BCUT2D eigenvalue weighted by Gasteiger charge is 2.31. The smallest absolute Gasteiger partial charge is 0.227 e. The molecule has 6 nitrogen and oxygen atoms in total. The van der Waals surface area contributed by atoms with Gasteiger partial charge in [-0.25, -0.2) is 8.42 Å². The number of fused-ring (bicyclic) bond motifs is 1. The summed E-state index contributed by atoms with van der Waals surface area (Å²) in [5.74, 6) is 0.462. The van der Waals surface area contributed by atoms with Crippen LogP contribution in [0.15, 0.2) is 18.2 Å². The summed E-state index contributed by atoms with van der Waals surface area (Å²) in [7, 11) is -1.14. The maximum atomic E-state index is 12.8. The van der Waals surface area contributed by atoms with Gasteiger partial charge in [0.25, 0.3) is 0 Å². The molecule has 156 valence electrons. The highest BCUT2D eigenvalue weighted by Crippen LogP contribution is 2.27. The first kappa shape index (κ1) is 20.1. The molecule has 0 saturated carbocycles. The third kappa shape index (κ3) is 4.10. The number of carbonyl (C=O) groups excluding carboxylic acids is 1. The molecule has 2 aromatic rings. The summed E-state index contributed by atoms with van der Waals surface area (Å²) in [6, 6.07) is 6.33. The van der Waals surface area contributed by atoms with Crippen molar-refractivity contribution in [2.75, 3.05) is 18.6 Å². The molecule has 2 aliphatic rings. The van der Waals surface area contributed by atoms with E-state index < -0.39 is 9.84 Å². The highest BCUT2D eigenvalue weighted by molar-refractivity contribution is 7.91. The quantitative estimate of drug-likeness (QED) is 0.752. The summed E-state index contributed by atoms with van der Waals surface area (Å²) in [6.07, 6.45) is 4.47. The fraction of sp³-hybridized carbons (Fsp3) is 0.545. The van der Waals surface area contributed by atoms with Crippen LogP contribution in [0.25, 0.3) is 0 Å². The molecular weight excluding hydrogens is 386 g/mol. The van der Waals surface area contributed by atoms with Gasteiger partial charge < -0.3 is 4.90 Å². The van der Waals surface area contributed by atoms with E-state index in [2.05, 4.69) is 23.3 Å². The number of rotatable bonds is 5. The first-order chi connectivity index (χ1) is 13.7.